The first-order valence-corrected chi connectivity index (χ1v) is 5.90. The summed E-state index contributed by atoms with van der Waals surface area (Å²) >= 11 is 1.49. The van der Waals surface area contributed by atoms with Gasteiger partial charge in [0, 0.05) is 10.6 Å². The first kappa shape index (κ1) is 11.6. The Hall–Kier alpha value is -1.88. The first-order chi connectivity index (χ1) is 8.15. The quantitative estimate of drug-likeness (QED) is 0.823. The number of anilines is 2. The van der Waals surface area contributed by atoms with Gasteiger partial charge in [0.05, 0.1) is 12.1 Å². The van der Waals surface area contributed by atoms with Crippen LogP contribution in [-0.4, -0.2) is 5.91 Å². The molecule has 1 amide bonds. The fraction of sp³-hybridized carbons (Fsp3) is 0.0833. The van der Waals surface area contributed by atoms with E-state index < -0.39 is 5.82 Å². The van der Waals surface area contributed by atoms with Crippen LogP contribution in [0.5, 0.6) is 0 Å². The van der Waals surface area contributed by atoms with E-state index in [1.54, 1.807) is 6.07 Å². The predicted molar refractivity (Wildman–Crippen MR) is 67.5 cm³/mol. The number of hydrogen-bond donors (Lipinski definition) is 2. The van der Waals surface area contributed by atoms with E-state index in [2.05, 4.69) is 5.32 Å². The summed E-state index contributed by atoms with van der Waals surface area (Å²) in [4.78, 5) is 12.6. The minimum absolute atomic E-state index is 0.153. The van der Waals surface area contributed by atoms with E-state index in [4.69, 9.17) is 5.73 Å². The monoisotopic (exact) mass is 250 g/mol. The van der Waals surface area contributed by atoms with Crippen molar-refractivity contribution >= 4 is 28.6 Å². The maximum atomic E-state index is 13.4. The lowest BCUT2D eigenvalue weighted by Gasteiger charge is -2.06. The topological polar surface area (TPSA) is 55.1 Å². The van der Waals surface area contributed by atoms with E-state index in [1.807, 2.05) is 17.5 Å². The number of rotatable bonds is 3. The average molecular weight is 250 g/mol. The highest BCUT2D eigenvalue weighted by Crippen LogP contribution is 2.17. The number of hydrogen-bond acceptors (Lipinski definition) is 3. The van der Waals surface area contributed by atoms with Gasteiger partial charge in [-0.2, -0.15) is 0 Å². The van der Waals surface area contributed by atoms with Crippen LogP contribution in [0.4, 0.5) is 15.8 Å². The van der Waals surface area contributed by atoms with E-state index in [-0.39, 0.29) is 18.0 Å². The maximum Gasteiger partial charge on any atom is 0.229 e. The summed E-state index contributed by atoms with van der Waals surface area (Å²) in [5.74, 6) is -0.763. The number of nitrogens with one attached hydrogen (secondary N) is 1. The van der Waals surface area contributed by atoms with Gasteiger partial charge in [0.2, 0.25) is 5.91 Å². The second-order valence-electron chi connectivity index (χ2n) is 3.54. The van der Waals surface area contributed by atoms with Gasteiger partial charge in [0.15, 0.2) is 0 Å². The summed E-state index contributed by atoms with van der Waals surface area (Å²) < 4.78 is 13.4. The van der Waals surface area contributed by atoms with Crippen LogP contribution >= 0.6 is 11.3 Å². The van der Waals surface area contributed by atoms with Crippen molar-refractivity contribution in [2.24, 2.45) is 0 Å². The predicted octanol–water partition coefficient (Wildman–Crippen LogP) is 2.65. The van der Waals surface area contributed by atoms with Gasteiger partial charge >= 0.3 is 0 Å². The Bertz CT molecular complexity index is 525. The molecule has 17 heavy (non-hydrogen) atoms. The molecule has 1 aromatic heterocycles. The van der Waals surface area contributed by atoms with Crippen LogP contribution in [0.2, 0.25) is 0 Å². The third-order valence-electron chi connectivity index (χ3n) is 2.18. The third-order valence-corrected chi connectivity index (χ3v) is 3.06. The summed E-state index contributed by atoms with van der Waals surface area (Å²) in [7, 11) is 0. The highest BCUT2D eigenvalue weighted by Gasteiger charge is 2.08. The molecule has 0 fully saturated rings. The zero-order valence-corrected chi connectivity index (χ0v) is 9.76. The molecule has 0 saturated heterocycles. The Balaban J connectivity index is 2.03. The van der Waals surface area contributed by atoms with E-state index in [0.717, 1.165) is 4.88 Å². The molecule has 0 atom stereocenters. The molecule has 3 N–H and O–H groups in total. The number of benzene rings is 1. The number of thiophene rings is 1. The summed E-state index contributed by atoms with van der Waals surface area (Å²) in [5, 5.41) is 4.41. The molecule has 5 heteroatoms. The SMILES string of the molecule is Nc1ccc(NC(=O)Cc2cccs2)c(F)c1. The van der Waals surface area contributed by atoms with E-state index in [0.29, 0.717) is 5.69 Å². The molecular formula is C12H11FN2OS. The Morgan fingerprint density at radius 1 is 1.41 bits per heavy atom. The number of amides is 1. The molecule has 0 spiro atoms. The highest BCUT2D eigenvalue weighted by atomic mass is 32.1. The zero-order chi connectivity index (χ0) is 12.3. The molecule has 1 heterocycles. The molecule has 0 aliphatic rings. The van der Waals surface area contributed by atoms with Crippen molar-refractivity contribution in [3.05, 3.63) is 46.4 Å². The van der Waals surface area contributed by atoms with Crippen molar-refractivity contribution in [2.75, 3.05) is 11.1 Å². The van der Waals surface area contributed by atoms with Gasteiger partial charge in [0.25, 0.3) is 0 Å². The molecule has 2 aromatic rings. The third kappa shape index (κ3) is 3.04. The van der Waals surface area contributed by atoms with Crippen molar-refractivity contribution in [3.8, 4) is 0 Å². The molecule has 0 aliphatic carbocycles. The fourth-order valence-corrected chi connectivity index (χ4v) is 2.10. The van der Waals surface area contributed by atoms with Gasteiger partial charge in [-0.3, -0.25) is 4.79 Å². The fourth-order valence-electron chi connectivity index (χ4n) is 1.40. The molecule has 0 unspecified atom stereocenters. The maximum absolute atomic E-state index is 13.4. The van der Waals surface area contributed by atoms with Gasteiger partial charge in [-0.25, -0.2) is 4.39 Å². The first-order valence-electron chi connectivity index (χ1n) is 5.02. The van der Waals surface area contributed by atoms with Gasteiger partial charge in [-0.1, -0.05) is 6.07 Å². The second kappa shape index (κ2) is 4.97. The number of nitrogen functional groups attached to an aromatic ring is 1. The van der Waals surface area contributed by atoms with Crippen molar-refractivity contribution in [2.45, 2.75) is 6.42 Å². The minimum atomic E-state index is -0.524. The van der Waals surface area contributed by atoms with Crippen LogP contribution in [0.3, 0.4) is 0 Å². The van der Waals surface area contributed by atoms with Crippen molar-refractivity contribution in [3.63, 3.8) is 0 Å². The normalized spacial score (nSPS) is 10.2. The van der Waals surface area contributed by atoms with Gasteiger partial charge in [0.1, 0.15) is 5.82 Å². The number of halogens is 1. The van der Waals surface area contributed by atoms with E-state index in [9.17, 15) is 9.18 Å². The van der Waals surface area contributed by atoms with Gasteiger partial charge in [-0.15, -0.1) is 11.3 Å². The van der Waals surface area contributed by atoms with E-state index in [1.165, 1.54) is 23.5 Å². The molecule has 0 radical (unpaired) electrons. The molecule has 0 bridgehead atoms. The summed E-state index contributed by atoms with van der Waals surface area (Å²) in [6.45, 7) is 0. The molecule has 2 rings (SSSR count). The Morgan fingerprint density at radius 2 is 2.24 bits per heavy atom. The van der Waals surface area contributed by atoms with Crippen LogP contribution in [0.25, 0.3) is 0 Å². The average Bonchev–Trinajstić information content (AvgIpc) is 2.75. The Morgan fingerprint density at radius 3 is 2.88 bits per heavy atom. The molecule has 0 aliphatic heterocycles. The molecule has 3 nitrogen and oxygen atoms in total. The lowest BCUT2D eigenvalue weighted by atomic mass is 10.2. The van der Waals surface area contributed by atoms with Crippen molar-refractivity contribution in [1.29, 1.82) is 0 Å². The molecular weight excluding hydrogens is 239 g/mol. The lowest BCUT2D eigenvalue weighted by Crippen LogP contribution is -2.14. The van der Waals surface area contributed by atoms with Crippen LogP contribution < -0.4 is 11.1 Å². The van der Waals surface area contributed by atoms with Crippen LogP contribution in [0.15, 0.2) is 35.7 Å². The van der Waals surface area contributed by atoms with E-state index >= 15 is 0 Å². The highest BCUT2D eigenvalue weighted by molar-refractivity contribution is 7.10. The van der Waals surface area contributed by atoms with Crippen LogP contribution in [0.1, 0.15) is 4.88 Å². The second-order valence-corrected chi connectivity index (χ2v) is 4.58. The largest absolute Gasteiger partial charge is 0.399 e. The molecule has 0 saturated carbocycles. The Kier molecular flexibility index (Phi) is 3.39. The minimum Gasteiger partial charge on any atom is -0.399 e. The molecule has 1 aromatic carbocycles. The number of carbonyl (C=O) groups is 1. The van der Waals surface area contributed by atoms with Crippen LogP contribution in [-0.2, 0) is 11.2 Å². The standard InChI is InChI=1S/C12H11FN2OS/c13-10-6-8(14)3-4-11(10)15-12(16)7-9-2-1-5-17-9/h1-6H,7,14H2,(H,15,16). The zero-order valence-electron chi connectivity index (χ0n) is 8.94. The number of nitrogens with two attached hydrogens (primary N) is 1. The van der Waals surface area contributed by atoms with Crippen molar-refractivity contribution in [1.82, 2.24) is 0 Å². The summed E-state index contributed by atoms with van der Waals surface area (Å²) in [6, 6.07) is 7.92. The van der Waals surface area contributed by atoms with Crippen LogP contribution in [0, 0.1) is 5.82 Å². The lowest BCUT2D eigenvalue weighted by molar-refractivity contribution is -0.115. The Labute approximate surface area is 102 Å². The van der Waals surface area contributed by atoms with Gasteiger partial charge < -0.3 is 11.1 Å². The molecule has 88 valence electrons. The smallest absolute Gasteiger partial charge is 0.229 e. The summed E-state index contributed by atoms with van der Waals surface area (Å²) in [6.07, 6.45) is 0.251. The number of carbonyl (C=O) groups excluding carboxylic acids is 1. The van der Waals surface area contributed by atoms with Gasteiger partial charge in [-0.05, 0) is 29.6 Å². The summed E-state index contributed by atoms with van der Waals surface area (Å²) in [5.41, 5.74) is 5.90. The van der Waals surface area contributed by atoms with Crippen molar-refractivity contribution < 1.29 is 9.18 Å².